The van der Waals surface area contributed by atoms with Crippen molar-refractivity contribution in [1.29, 1.82) is 0 Å². The number of amides is 1. The maximum atomic E-state index is 11.9. The van der Waals surface area contributed by atoms with Gasteiger partial charge in [0.05, 0.1) is 12.5 Å². The quantitative estimate of drug-likeness (QED) is 0.917. The Hall–Kier alpha value is -2.04. The van der Waals surface area contributed by atoms with Gasteiger partial charge in [-0.25, -0.2) is 0 Å². The summed E-state index contributed by atoms with van der Waals surface area (Å²) in [6.45, 7) is 3.87. The van der Waals surface area contributed by atoms with Crippen molar-refractivity contribution < 1.29 is 19.4 Å². The predicted octanol–water partition coefficient (Wildman–Crippen LogP) is 2.40. The van der Waals surface area contributed by atoms with E-state index < -0.39 is 5.97 Å². The van der Waals surface area contributed by atoms with Crippen LogP contribution in [0.5, 0.6) is 5.75 Å². The Kier molecular flexibility index (Phi) is 3.97. The summed E-state index contributed by atoms with van der Waals surface area (Å²) < 4.78 is 5.64. The molecule has 1 aromatic carbocycles. The fourth-order valence-corrected chi connectivity index (χ4v) is 2.50. The summed E-state index contributed by atoms with van der Waals surface area (Å²) in [6.07, 6.45) is 0.229. The molecule has 20 heavy (non-hydrogen) atoms. The number of aliphatic carboxylic acids is 1. The number of carboxylic acids is 1. The molecule has 0 bridgehead atoms. The highest BCUT2D eigenvalue weighted by atomic mass is 16.5. The van der Waals surface area contributed by atoms with Crippen LogP contribution >= 0.6 is 0 Å². The van der Waals surface area contributed by atoms with E-state index >= 15 is 0 Å². The number of rotatable bonds is 4. The second-order valence-electron chi connectivity index (χ2n) is 5.34. The first kappa shape index (κ1) is 14.4. The van der Waals surface area contributed by atoms with Gasteiger partial charge in [-0.05, 0) is 37.6 Å². The van der Waals surface area contributed by atoms with Crippen molar-refractivity contribution in [2.24, 2.45) is 0 Å². The van der Waals surface area contributed by atoms with Gasteiger partial charge in [-0.2, -0.15) is 0 Å². The van der Waals surface area contributed by atoms with Crippen molar-refractivity contribution >= 4 is 17.6 Å². The Morgan fingerprint density at radius 2 is 2.20 bits per heavy atom. The van der Waals surface area contributed by atoms with E-state index in [9.17, 15) is 9.59 Å². The molecule has 0 aliphatic carbocycles. The number of carbonyl (C=O) groups is 2. The second kappa shape index (κ2) is 5.53. The summed E-state index contributed by atoms with van der Waals surface area (Å²) >= 11 is 0. The van der Waals surface area contributed by atoms with Crippen molar-refractivity contribution in [3.8, 4) is 5.75 Å². The van der Waals surface area contributed by atoms with Gasteiger partial charge in [-0.1, -0.05) is 0 Å². The summed E-state index contributed by atoms with van der Waals surface area (Å²) in [7, 11) is 1.71. The zero-order valence-electron chi connectivity index (χ0n) is 11.9. The van der Waals surface area contributed by atoms with Crippen LogP contribution in [0.2, 0.25) is 0 Å². The molecule has 5 heteroatoms. The van der Waals surface area contributed by atoms with Crippen molar-refractivity contribution in [3.63, 3.8) is 0 Å². The first-order valence-electron chi connectivity index (χ1n) is 6.67. The first-order chi connectivity index (χ1) is 9.38. The molecule has 5 nitrogen and oxygen atoms in total. The van der Waals surface area contributed by atoms with E-state index in [-0.39, 0.29) is 30.8 Å². The van der Waals surface area contributed by atoms with Gasteiger partial charge < -0.3 is 14.7 Å². The molecular formula is C15H19NO4. The molecule has 1 amide bonds. The number of carbonyl (C=O) groups excluding carboxylic acids is 1. The number of fused-ring (bicyclic) bond motifs is 1. The summed E-state index contributed by atoms with van der Waals surface area (Å²) in [4.78, 5) is 24.5. The molecule has 0 saturated heterocycles. The summed E-state index contributed by atoms with van der Waals surface area (Å²) in [6, 6.07) is 5.48. The molecule has 1 N–H and O–H groups in total. The number of nitrogens with zero attached hydrogens (tertiary/aromatic N) is 1. The smallest absolute Gasteiger partial charge is 0.303 e. The van der Waals surface area contributed by atoms with E-state index in [0.29, 0.717) is 5.75 Å². The molecule has 0 radical (unpaired) electrons. The fourth-order valence-electron chi connectivity index (χ4n) is 2.50. The maximum absolute atomic E-state index is 11.9. The first-order valence-corrected chi connectivity index (χ1v) is 6.67. The van der Waals surface area contributed by atoms with Crippen LogP contribution in [-0.2, 0) is 9.59 Å². The van der Waals surface area contributed by atoms with Crippen LogP contribution in [0.25, 0.3) is 0 Å². The van der Waals surface area contributed by atoms with Gasteiger partial charge in [-0.15, -0.1) is 0 Å². The Bertz CT molecular complexity index is 539. The van der Waals surface area contributed by atoms with Gasteiger partial charge in [0.15, 0.2) is 0 Å². The number of ether oxygens (including phenoxy) is 1. The standard InChI is InChI=1S/C15H19NO4/c1-9(2)20-11-4-5-13-12(8-11)10(7-15(18)19)6-14(17)16(13)3/h4-5,8-10H,6-7H2,1-3H3,(H,18,19). The number of hydrogen-bond donors (Lipinski definition) is 1. The van der Waals surface area contributed by atoms with Gasteiger partial charge in [0.25, 0.3) is 0 Å². The fraction of sp³-hybridized carbons (Fsp3) is 0.467. The highest BCUT2D eigenvalue weighted by molar-refractivity contribution is 5.97. The molecular weight excluding hydrogens is 258 g/mol. The summed E-state index contributed by atoms with van der Waals surface area (Å²) in [5.74, 6) is -0.534. The van der Waals surface area contributed by atoms with E-state index in [1.165, 1.54) is 0 Å². The molecule has 1 aliphatic rings. The molecule has 0 saturated carbocycles. The molecule has 1 aliphatic heterocycles. The van der Waals surface area contributed by atoms with Crippen molar-refractivity contribution in [2.45, 2.75) is 38.7 Å². The Labute approximate surface area is 118 Å². The molecule has 0 fully saturated rings. The minimum atomic E-state index is -0.895. The zero-order valence-corrected chi connectivity index (χ0v) is 11.9. The summed E-state index contributed by atoms with van der Waals surface area (Å²) in [5, 5.41) is 9.00. The van der Waals surface area contributed by atoms with Gasteiger partial charge in [0.2, 0.25) is 5.91 Å². The zero-order chi connectivity index (χ0) is 14.9. The number of anilines is 1. The van der Waals surface area contributed by atoms with E-state index in [4.69, 9.17) is 9.84 Å². The lowest BCUT2D eigenvalue weighted by molar-refractivity contribution is -0.137. The van der Waals surface area contributed by atoms with Crippen LogP contribution in [-0.4, -0.2) is 30.1 Å². The number of hydrogen-bond acceptors (Lipinski definition) is 3. The third-order valence-corrected chi connectivity index (χ3v) is 3.39. The molecule has 0 spiro atoms. The van der Waals surface area contributed by atoms with Crippen molar-refractivity contribution in [1.82, 2.24) is 0 Å². The molecule has 1 unspecified atom stereocenters. The minimum Gasteiger partial charge on any atom is -0.491 e. The van der Waals surface area contributed by atoms with E-state index in [0.717, 1.165) is 11.3 Å². The van der Waals surface area contributed by atoms with Crippen LogP contribution in [0.4, 0.5) is 5.69 Å². The average Bonchev–Trinajstić information content (AvgIpc) is 2.34. The van der Waals surface area contributed by atoms with Crippen LogP contribution in [0.3, 0.4) is 0 Å². The topological polar surface area (TPSA) is 66.8 Å². The predicted molar refractivity (Wildman–Crippen MR) is 75.2 cm³/mol. The molecule has 0 aromatic heterocycles. The SMILES string of the molecule is CC(C)Oc1ccc2c(c1)C(CC(=O)O)CC(=O)N2C. The van der Waals surface area contributed by atoms with Crippen LogP contribution in [0.1, 0.15) is 38.2 Å². The number of benzene rings is 1. The Morgan fingerprint density at radius 3 is 2.80 bits per heavy atom. The lowest BCUT2D eigenvalue weighted by Crippen LogP contribution is -2.33. The molecule has 1 aromatic rings. The Morgan fingerprint density at radius 1 is 1.50 bits per heavy atom. The molecule has 108 valence electrons. The van der Waals surface area contributed by atoms with Crippen LogP contribution in [0.15, 0.2) is 18.2 Å². The number of carboxylic acid groups (broad SMARTS) is 1. The molecule has 1 atom stereocenters. The lowest BCUT2D eigenvalue weighted by atomic mass is 9.87. The van der Waals surface area contributed by atoms with Crippen LogP contribution in [0, 0.1) is 0 Å². The van der Waals surface area contributed by atoms with E-state index in [1.807, 2.05) is 32.0 Å². The van der Waals surface area contributed by atoms with E-state index in [2.05, 4.69) is 0 Å². The molecule has 1 heterocycles. The molecule has 2 rings (SSSR count). The minimum absolute atomic E-state index is 0.0439. The van der Waals surface area contributed by atoms with Gasteiger partial charge in [-0.3, -0.25) is 9.59 Å². The van der Waals surface area contributed by atoms with Crippen LogP contribution < -0.4 is 9.64 Å². The maximum Gasteiger partial charge on any atom is 0.303 e. The van der Waals surface area contributed by atoms with E-state index in [1.54, 1.807) is 11.9 Å². The van der Waals surface area contributed by atoms with Gasteiger partial charge >= 0.3 is 5.97 Å². The van der Waals surface area contributed by atoms with Gasteiger partial charge in [0, 0.05) is 25.1 Å². The Balaban J connectivity index is 2.40. The van der Waals surface area contributed by atoms with Crippen molar-refractivity contribution in [2.75, 3.05) is 11.9 Å². The highest BCUT2D eigenvalue weighted by Crippen LogP contribution is 2.39. The van der Waals surface area contributed by atoms with Gasteiger partial charge in [0.1, 0.15) is 5.75 Å². The third-order valence-electron chi connectivity index (χ3n) is 3.39. The summed E-state index contributed by atoms with van der Waals surface area (Å²) in [5.41, 5.74) is 1.64. The average molecular weight is 277 g/mol. The third kappa shape index (κ3) is 2.92. The normalized spacial score (nSPS) is 18.1. The largest absolute Gasteiger partial charge is 0.491 e. The lowest BCUT2D eigenvalue weighted by Gasteiger charge is -2.31. The second-order valence-corrected chi connectivity index (χ2v) is 5.34. The monoisotopic (exact) mass is 277 g/mol. The van der Waals surface area contributed by atoms with Crippen molar-refractivity contribution in [3.05, 3.63) is 23.8 Å². The highest BCUT2D eigenvalue weighted by Gasteiger charge is 2.31.